The minimum absolute atomic E-state index is 0.103. The van der Waals surface area contributed by atoms with E-state index in [-0.39, 0.29) is 11.1 Å². The van der Waals surface area contributed by atoms with Gasteiger partial charge in [0.15, 0.2) is 0 Å². The maximum Gasteiger partial charge on any atom is 0.331 e. The normalized spacial score (nSPS) is 19.8. The lowest BCUT2D eigenvalue weighted by molar-refractivity contribution is -0.170. The summed E-state index contributed by atoms with van der Waals surface area (Å²) in [6.45, 7) is 5.45. The highest BCUT2D eigenvalue weighted by atomic mass is 16.6. The van der Waals surface area contributed by atoms with Crippen molar-refractivity contribution in [2.24, 2.45) is 0 Å². The smallest absolute Gasteiger partial charge is 0.331 e. The predicted molar refractivity (Wildman–Crippen MR) is 107 cm³/mol. The largest absolute Gasteiger partial charge is 0.481 e. The molecule has 2 N–H and O–H groups in total. The number of hydrogen-bond acceptors (Lipinski definition) is 7. The lowest BCUT2D eigenvalue weighted by Crippen LogP contribution is -2.62. The number of benzene rings is 1. The van der Waals surface area contributed by atoms with Gasteiger partial charge in [-0.2, -0.15) is 0 Å². The predicted octanol–water partition coefficient (Wildman–Crippen LogP) is 0.963. The van der Waals surface area contributed by atoms with Crippen molar-refractivity contribution in [2.45, 2.75) is 57.7 Å². The molecule has 0 bridgehead atoms. The number of nitrogens with one attached hydrogen (secondary N) is 1. The zero-order valence-corrected chi connectivity index (χ0v) is 17.6. The third-order valence-electron chi connectivity index (χ3n) is 4.95. The van der Waals surface area contributed by atoms with Crippen molar-refractivity contribution in [3.8, 4) is 0 Å². The van der Waals surface area contributed by atoms with E-state index in [4.69, 9.17) is 4.74 Å². The molecule has 0 radical (unpaired) electrons. The number of amides is 3. The van der Waals surface area contributed by atoms with E-state index in [9.17, 15) is 29.1 Å². The first-order chi connectivity index (χ1) is 14.5. The number of carbonyl (C=O) groups excluding carboxylic acids is 4. The lowest BCUT2D eigenvalue weighted by Gasteiger charge is -2.38. The molecule has 1 saturated heterocycles. The lowest BCUT2D eigenvalue weighted by atomic mass is 10.0. The second-order valence-corrected chi connectivity index (χ2v) is 8.45. The van der Waals surface area contributed by atoms with Crippen molar-refractivity contribution >= 4 is 29.7 Å². The van der Waals surface area contributed by atoms with E-state index >= 15 is 0 Å². The summed E-state index contributed by atoms with van der Waals surface area (Å²) in [5.41, 5.74) is 2.22. The molecule has 1 unspecified atom stereocenters. The Balaban J connectivity index is 1.92. The van der Waals surface area contributed by atoms with Gasteiger partial charge in [0, 0.05) is 6.54 Å². The molecule has 3 rings (SSSR count). The summed E-state index contributed by atoms with van der Waals surface area (Å²) in [6, 6.07) is 3.42. The maximum absolute atomic E-state index is 13.4. The first-order valence-corrected chi connectivity index (χ1v) is 9.99. The summed E-state index contributed by atoms with van der Waals surface area (Å²) in [4.78, 5) is 64.0. The van der Waals surface area contributed by atoms with E-state index < -0.39 is 53.8 Å². The summed E-state index contributed by atoms with van der Waals surface area (Å²) < 4.78 is 5.40. The second-order valence-electron chi connectivity index (χ2n) is 8.45. The fourth-order valence-electron chi connectivity index (χ4n) is 3.66. The molecule has 10 heteroatoms. The average molecular weight is 431 g/mol. The number of fused-ring (bicyclic) bond motifs is 1. The zero-order chi connectivity index (χ0) is 22.9. The van der Waals surface area contributed by atoms with Gasteiger partial charge in [0.25, 0.3) is 17.7 Å². The van der Waals surface area contributed by atoms with Gasteiger partial charge in [0.1, 0.15) is 17.7 Å². The Labute approximate surface area is 179 Å². The molecule has 0 aliphatic carbocycles. The standard InChI is InChI=1S/C21H25N3O7/c1-21(2,3)31-20(30)14-9-6-10-22-24(14)19(29)15(11-16(25)26)23-17(27)12-7-4-5-8-13(12)18(23)28/h4-5,7-8,14-15,22H,6,9-11H2,1-3H3,(H,25,26)/t14?,15-/m0/s1. The van der Waals surface area contributed by atoms with Gasteiger partial charge in [-0.25, -0.2) is 10.2 Å². The van der Waals surface area contributed by atoms with Crippen LogP contribution in [0.4, 0.5) is 0 Å². The van der Waals surface area contributed by atoms with Crippen molar-refractivity contribution < 1.29 is 33.8 Å². The van der Waals surface area contributed by atoms with E-state index in [0.29, 0.717) is 24.3 Å². The zero-order valence-electron chi connectivity index (χ0n) is 17.6. The number of nitrogens with zero attached hydrogens (tertiary/aromatic N) is 2. The number of hydrazine groups is 1. The summed E-state index contributed by atoms with van der Waals surface area (Å²) in [5, 5.41) is 10.4. The molecule has 2 heterocycles. The first kappa shape index (κ1) is 22.4. The van der Waals surface area contributed by atoms with Gasteiger partial charge in [-0.15, -0.1) is 0 Å². The Kier molecular flexibility index (Phi) is 6.12. The van der Waals surface area contributed by atoms with Crippen molar-refractivity contribution in [1.82, 2.24) is 15.3 Å². The van der Waals surface area contributed by atoms with Crippen LogP contribution in [0.2, 0.25) is 0 Å². The second kappa shape index (κ2) is 8.46. The molecule has 2 aliphatic heterocycles. The van der Waals surface area contributed by atoms with Gasteiger partial charge in [-0.05, 0) is 45.7 Å². The van der Waals surface area contributed by atoms with Crippen LogP contribution in [-0.4, -0.2) is 68.9 Å². The average Bonchev–Trinajstić information content (AvgIpc) is 2.95. The molecule has 3 amide bonds. The number of esters is 1. The molecule has 1 aromatic carbocycles. The SMILES string of the molecule is CC(C)(C)OC(=O)C1CCCNN1C(=O)[C@H](CC(=O)O)N1C(=O)c2ccccc2C1=O. The van der Waals surface area contributed by atoms with Crippen LogP contribution in [0.3, 0.4) is 0 Å². The van der Waals surface area contributed by atoms with Gasteiger partial charge in [-0.1, -0.05) is 12.1 Å². The molecular weight excluding hydrogens is 406 g/mol. The van der Waals surface area contributed by atoms with E-state index in [1.54, 1.807) is 32.9 Å². The summed E-state index contributed by atoms with van der Waals surface area (Å²) in [7, 11) is 0. The molecule has 0 spiro atoms. The number of ether oxygens (including phenoxy) is 1. The van der Waals surface area contributed by atoms with Crippen LogP contribution < -0.4 is 5.43 Å². The molecule has 31 heavy (non-hydrogen) atoms. The molecular formula is C21H25N3O7. The minimum Gasteiger partial charge on any atom is -0.481 e. The number of imide groups is 1. The molecule has 2 aliphatic rings. The first-order valence-electron chi connectivity index (χ1n) is 9.99. The minimum atomic E-state index is -1.61. The van der Waals surface area contributed by atoms with Gasteiger partial charge in [0.2, 0.25) is 0 Å². The molecule has 0 saturated carbocycles. The van der Waals surface area contributed by atoms with Crippen LogP contribution in [0.1, 0.15) is 60.7 Å². The highest BCUT2D eigenvalue weighted by molar-refractivity contribution is 6.23. The Bertz CT molecular complexity index is 902. The highest BCUT2D eigenvalue weighted by Gasteiger charge is 2.47. The van der Waals surface area contributed by atoms with Crippen LogP contribution in [0.5, 0.6) is 0 Å². The van der Waals surface area contributed by atoms with Crippen molar-refractivity contribution in [2.75, 3.05) is 6.54 Å². The van der Waals surface area contributed by atoms with Crippen molar-refractivity contribution in [3.63, 3.8) is 0 Å². The van der Waals surface area contributed by atoms with E-state index in [1.807, 2.05) is 0 Å². The fourth-order valence-corrected chi connectivity index (χ4v) is 3.66. The number of carboxylic acids is 1. The summed E-state index contributed by atoms with van der Waals surface area (Å²) in [5.74, 6) is -4.35. The summed E-state index contributed by atoms with van der Waals surface area (Å²) >= 11 is 0. The van der Waals surface area contributed by atoms with Crippen LogP contribution in [0, 0.1) is 0 Å². The molecule has 10 nitrogen and oxygen atoms in total. The number of aliphatic carboxylic acids is 1. The van der Waals surface area contributed by atoms with Gasteiger partial charge in [-0.3, -0.25) is 29.1 Å². The Hall–Kier alpha value is -3.27. The fraction of sp³-hybridized carbons (Fsp3) is 0.476. The topological polar surface area (TPSA) is 133 Å². The van der Waals surface area contributed by atoms with Crippen molar-refractivity contribution in [1.29, 1.82) is 0 Å². The summed E-state index contributed by atoms with van der Waals surface area (Å²) in [6.07, 6.45) is 0.101. The van der Waals surface area contributed by atoms with Crippen LogP contribution in [-0.2, 0) is 19.1 Å². The van der Waals surface area contributed by atoms with Crippen LogP contribution in [0.25, 0.3) is 0 Å². The maximum atomic E-state index is 13.4. The van der Waals surface area contributed by atoms with E-state index in [0.717, 1.165) is 5.01 Å². The number of carbonyl (C=O) groups is 5. The van der Waals surface area contributed by atoms with E-state index in [1.165, 1.54) is 12.1 Å². The van der Waals surface area contributed by atoms with Crippen molar-refractivity contribution in [3.05, 3.63) is 35.4 Å². The number of hydrogen-bond donors (Lipinski definition) is 2. The highest BCUT2D eigenvalue weighted by Crippen LogP contribution is 2.27. The molecule has 2 atom stereocenters. The van der Waals surface area contributed by atoms with Gasteiger partial charge < -0.3 is 9.84 Å². The van der Waals surface area contributed by atoms with Crippen LogP contribution in [0.15, 0.2) is 24.3 Å². The third kappa shape index (κ3) is 4.58. The Morgan fingerprint density at radius 3 is 2.26 bits per heavy atom. The quantitative estimate of drug-likeness (QED) is 0.520. The third-order valence-corrected chi connectivity index (χ3v) is 4.95. The Morgan fingerprint density at radius 2 is 1.74 bits per heavy atom. The van der Waals surface area contributed by atoms with E-state index in [2.05, 4.69) is 5.43 Å². The molecule has 1 aromatic rings. The molecule has 1 fully saturated rings. The number of rotatable bonds is 5. The monoisotopic (exact) mass is 431 g/mol. The molecule has 0 aromatic heterocycles. The Morgan fingerprint density at radius 1 is 1.16 bits per heavy atom. The van der Waals surface area contributed by atoms with Gasteiger partial charge in [0.05, 0.1) is 17.5 Å². The van der Waals surface area contributed by atoms with Crippen LogP contribution >= 0.6 is 0 Å². The molecule has 166 valence electrons. The van der Waals surface area contributed by atoms with Gasteiger partial charge >= 0.3 is 11.9 Å². The number of carboxylic acid groups (broad SMARTS) is 1.